The van der Waals surface area contributed by atoms with E-state index in [2.05, 4.69) is 10.3 Å². The Labute approximate surface area is 152 Å². The molecule has 0 spiro atoms. The highest BCUT2D eigenvalue weighted by Crippen LogP contribution is 2.37. The number of non-ortho nitro benzene ring substituents is 1. The van der Waals surface area contributed by atoms with E-state index < -0.39 is 22.4 Å². The molecule has 3 rings (SSSR count). The first kappa shape index (κ1) is 18.9. The van der Waals surface area contributed by atoms with Crippen molar-refractivity contribution in [1.82, 2.24) is 4.98 Å². The molecular formula is C17H16F3N3O4. The first-order valence-corrected chi connectivity index (χ1v) is 8.12. The zero-order valence-corrected chi connectivity index (χ0v) is 14.0. The van der Waals surface area contributed by atoms with Gasteiger partial charge >= 0.3 is 6.18 Å². The van der Waals surface area contributed by atoms with Crippen molar-refractivity contribution in [3.05, 3.63) is 57.8 Å². The van der Waals surface area contributed by atoms with Crippen LogP contribution >= 0.6 is 0 Å². The summed E-state index contributed by atoms with van der Waals surface area (Å²) in [6.45, 7) is 1.16. The summed E-state index contributed by atoms with van der Waals surface area (Å²) in [7, 11) is 0. The maximum absolute atomic E-state index is 13.2. The van der Waals surface area contributed by atoms with Crippen LogP contribution in [0.5, 0.6) is 5.88 Å². The Bertz CT molecular complexity index is 823. The number of anilines is 1. The molecule has 1 aliphatic heterocycles. The Hall–Kier alpha value is -2.88. The second-order valence-electron chi connectivity index (χ2n) is 5.94. The highest BCUT2D eigenvalue weighted by Gasteiger charge is 2.35. The van der Waals surface area contributed by atoms with Gasteiger partial charge in [0.15, 0.2) is 0 Å². The third-order valence-corrected chi connectivity index (χ3v) is 3.98. The van der Waals surface area contributed by atoms with Crippen molar-refractivity contribution in [3.8, 4) is 5.88 Å². The average Bonchev–Trinajstić information content (AvgIpc) is 3.12. The van der Waals surface area contributed by atoms with Crippen LogP contribution in [0, 0.1) is 10.1 Å². The van der Waals surface area contributed by atoms with Crippen LogP contribution in [0.1, 0.15) is 17.5 Å². The molecular weight excluding hydrogens is 367 g/mol. The fraction of sp³-hybridized carbons (Fsp3) is 0.353. The molecule has 0 saturated carbocycles. The molecule has 2 aromatic rings. The number of nitrogens with one attached hydrogen (secondary N) is 1. The number of aromatic nitrogens is 1. The number of benzene rings is 1. The number of alkyl halides is 3. The molecule has 144 valence electrons. The summed E-state index contributed by atoms with van der Waals surface area (Å²) in [5.41, 5.74) is -1.29. The predicted molar refractivity (Wildman–Crippen MR) is 89.5 cm³/mol. The number of pyridine rings is 1. The van der Waals surface area contributed by atoms with Gasteiger partial charge in [-0.3, -0.25) is 10.1 Å². The van der Waals surface area contributed by atoms with Gasteiger partial charge in [-0.1, -0.05) is 0 Å². The van der Waals surface area contributed by atoms with Crippen molar-refractivity contribution in [2.45, 2.75) is 25.2 Å². The van der Waals surface area contributed by atoms with Gasteiger partial charge in [0.2, 0.25) is 5.88 Å². The Morgan fingerprint density at radius 1 is 1.33 bits per heavy atom. The van der Waals surface area contributed by atoms with Gasteiger partial charge in [0.1, 0.15) is 6.10 Å². The van der Waals surface area contributed by atoms with Gasteiger partial charge in [0, 0.05) is 43.0 Å². The van der Waals surface area contributed by atoms with Crippen molar-refractivity contribution in [3.63, 3.8) is 0 Å². The van der Waals surface area contributed by atoms with Gasteiger partial charge in [-0.2, -0.15) is 13.2 Å². The molecule has 1 aromatic heterocycles. The van der Waals surface area contributed by atoms with Crippen LogP contribution in [-0.2, 0) is 17.5 Å². The summed E-state index contributed by atoms with van der Waals surface area (Å²) in [4.78, 5) is 14.0. The van der Waals surface area contributed by atoms with E-state index in [4.69, 9.17) is 9.47 Å². The molecule has 1 atom stereocenters. The second-order valence-corrected chi connectivity index (χ2v) is 5.94. The van der Waals surface area contributed by atoms with Crippen molar-refractivity contribution in [2.75, 3.05) is 18.5 Å². The van der Waals surface area contributed by atoms with E-state index >= 15 is 0 Å². The minimum absolute atomic E-state index is 0.0704. The minimum Gasteiger partial charge on any atom is -0.472 e. The van der Waals surface area contributed by atoms with E-state index in [1.807, 2.05) is 0 Å². The standard InChI is InChI=1S/C17H16F3N3O4/c18-17(19,20)14-8-12(23(24)25)1-2-15(14)22-9-11-3-5-21-16(7-11)27-13-4-6-26-10-13/h1-3,5,7-8,13,22H,4,6,9-10H2. The molecule has 0 bridgehead atoms. The van der Waals surface area contributed by atoms with Gasteiger partial charge in [0.25, 0.3) is 5.69 Å². The third kappa shape index (κ3) is 4.85. The maximum atomic E-state index is 13.2. The Morgan fingerprint density at radius 3 is 2.81 bits per heavy atom. The van der Waals surface area contributed by atoms with Gasteiger partial charge < -0.3 is 14.8 Å². The number of rotatable bonds is 6. The van der Waals surface area contributed by atoms with Crippen LogP contribution in [0.15, 0.2) is 36.5 Å². The van der Waals surface area contributed by atoms with E-state index in [0.29, 0.717) is 30.7 Å². The third-order valence-electron chi connectivity index (χ3n) is 3.98. The smallest absolute Gasteiger partial charge is 0.418 e. The normalized spacial score (nSPS) is 16.9. The zero-order valence-electron chi connectivity index (χ0n) is 14.0. The first-order valence-electron chi connectivity index (χ1n) is 8.12. The van der Waals surface area contributed by atoms with E-state index in [1.165, 1.54) is 6.20 Å². The Kier molecular flexibility index (Phi) is 5.45. The summed E-state index contributed by atoms with van der Waals surface area (Å²) in [6.07, 6.45) is -2.55. The molecule has 1 saturated heterocycles. The lowest BCUT2D eigenvalue weighted by Gasteiger charge is -2.15. The van der Waals surface area contributed by atoms with Crippen molar-refractivity contribution >= 4 is 11.4 Å². The van der Waals surface area contributed by atoms with Gasteiger partial charge in [-0.05, 0) is 17.7 Å². The molecule has 0 amide bonds. The number of nitro groups is 1. The summed E-state index contributed by atoms with van der Waals surface area (Å²) in [5, 5.41) is 13.4. The van der Waals surface area contributed by atoms with Crippen molar-refractivity contribution < 1.29 is 27.6 Å². The van der Waals surface area contributed by atoms with Crippen LogP contribution in [-0.4, -0.2) is 29.2 Å². The van der Waals surface area contributed by atoms with Gasteiger partial charge in [-0.25, -0.2) is 4.98 Å². The molecule has 1 aromatic carbocycles. The zero-order chi connectivity index (χ0) is 19.4. The van der Waals surface area contributed by atoms with E-state index in [1.54, 1.807) is 12.1 Å². The fourth-order valence-electron chi connectivity index (χ4n) is 2.63. The number of nitrogens with zero attached hydrogens (tertiary/aromatic N) is 2. The molecule has 0 radical (unpaired) electrons. The summed E-state index contributed by atoms with van der Waals surface area (Å²) >= 11 is 0. The highest BCUT2D eigenvalue weighted by molar-refractivity contribution is 5.57. The number of ether oxygens (including phenoxy) is 2. The molecule has 27 heavy (non-hydrogen) atoms. The first-order chi connectivity index (χ1) is 12.8. The SMILES string of the molecule is O=[N+]([O-])c1ccc(NCc2ccnc(OC3CCOC3)c2)c(C(F)(F)F)c1. The van der Waals surface area contributed by atoms with Gasteiger partial charge in [0.05, 0.1) is 23.7 Å². The van der Waals surface area contributed by atoms with Gasteiger partial charge in [-0.15, -0.1) is 0 Å². The number of hydrogen-bond acceptors (Lipinski definition) is 6. The number of nitro benzene ring substituents is 1. The topological polar surface area (TPSA) is 86.5 Å². The molecule has 1 fully saturated rings. The summed E-state index contributed by atoms with van der Waals surface area (Å²) in [5.74, 6) is 0.365. The molecule has 1 unspecified atom stereocenters. The van der Waals surface area contributed by atoms with E-state index in [0.717, 1.165) is 18.6 Å². The lowest BCUT2D eigenvalue weighted by atomic mass is 10.1. The van der Waals surface area contributed by atoms with E-state index in [9.17, 15) is 23.3 Å². The molecule has 0 aliphatic carbocycles. The Balaban J connectivity index is 1.73. The fourth-order valence-corrected chi connectivity index (χ4v) is 2.63. The largest absolute Gasteiger partial charge is 0.472 e. The lowest BCUT2D eigenvalue weighted by molar-refractivity contribution is -0.385. The van der Waals surface area contributed by atoms with Crippen LogP contribution < -0.4 is 10.1 Å². The average molecular weight is 383 g/mol. The Morgan fingerprint density at radius 2 is 2.15 bits per heavy atom. The molecule has 7 nitrogen and oxygen atoms in total. The van der Waals surface area contributed by atoms with Crippen LogP contribution in [0.3, 0.4) is 0 Å². The predicted octanol–water partition coefficient (Wildman–Crippen LogP) is 3.79. The van der Waals surface area contributed by atoms with Crippen LogP contribution in [0.25, 0.3) is 0 Å². The van der Waals surface area contributed by atoms with Crippen LogP contribution in [0.2, 0.25) is 0 Å². The minimum atomic E-state index is -4.72. The lowest BCUT2D eigenvalue weighted by Crippen LogP contribution is -2.16. The second kappa shape index (κ2) is 7.78. The van der Waals surface area contributed by atoms with E-state index in [-0.39, 0.29) is 18.3 Å². The summed E-state index contributed by atoms with van der Waals surface area (Å²) in [6, 6.07) is 5.87. The quantitative estimate of drug-likeness (QED) is 0.603. The van der Waals surface area contributed by atoms with Crippen LogP contribution in [0.4, 0.5) is 24.5 Å². The monoisotopic (exact) mass is 383 g/mol. The summed E-state index contributed by atoms with van der Waals surface area (Å²) < 4.78 is 50.5. The highest BCUT2D eigenvalue weighted by atomic mass is 19.4. The van der Waals surface area contributed by atoms with Crippen molar-refractivity contribution in [2.24, 2.45) is 0 Å². The molecule has 10 heteroatoms. The van der Waals surface area contributed by atoms with Crippen molar-refractivity contribution in [1.29, 1.82) is 0 Å². The molecule has 1 aliphatic rings. The number of hydrogen-bond donors (Lipinski definition) is 1. The molecule has 2 heterocycles. The molecule has 1 N–H and O–H groups in total. The number of halogens is 3. The maximum Gasteiger partial charge on any atom is 0.418 e.